The van der Waals surface area contributed by atoms with Gasteiger partial charge in [0.25, 0.3) is 5.09 Å². The third-order valence-corrected chi connectivity index (χ3v) is 3.69. The van der Waals surface area contributed by atoms with Crippen LogP contribution in [0.3, 0.4) is 0 Å². The molecule has 0 spiro atoms. The Labute approximate surface area is 163 Å². The molecule has 146 valence electrons. The molecule has 2 aromatic rings. The van der Waals surface area contributed by atoms with Gasteiger partial charge in [-0.3, -0.25) is 10.1 Å². The van der Waals surface area contributed by atoms with Crippen molar-refractivity contribution in [3.63, 3.8) is 0 Å². The summed E-state index contributed by atoms with van der Waals surface area (Å²) in [5.41, 5.74) is 1.10. The van der Waals surface area contributed by atoms with Crippen LogP contribution < -0.4 is 10.1 Å². The second kappa shape index (κ2) is 10.3. The Morgan fingerprint density at radius 1 is 1.22 bits per heavy atom. The van der Waals surface area contributed by atoms with Crippen LogP contribution in [0.1, 0.15) is 11.3 Å². The van der Waals surface area contributed by atoms with Crippen LogP contribution in [0, 0.1) is 34.1 Å². The zero-order chi connectivity index (χ0) is 20.6. The Balaban J connectivity index is 0.000000828. The fraction of sp³-hybridized carbons (Fsp3) is 0.286. The van der Waals surface area contributed by atoms with Crippen molar-refractivity contribution in [2.75, 3.05) is 18.5 Å². The first kappa shape index (κ1) is 22.1. The molecule has 0 aliphatic rings. The summed E-state index contributed by atoms with van der Waals surface area (Å²) >= 11 is 11.9. The van der Waals surface area contributed by atoms with Crippen LogP contribution in [-0.4, -0.2) is 38.3 Å². The first-order valence-corrected chi connectivity index (χ1v) is 8.00. The van der Waals surface area contributed by atoms with E-state index in [1.807, 2.05) is 0 Å². The number of nitrogens with zero attached hydrogens (tertiary/aromatic N) is 4. The van der Waals surface area contributed by atoms with Crippen LogP contribution >= 0.6 is 23.2 Å². The van der Waals surface area contributed by atoms with Gasteiger partial charge in [-0.25, -0.2) is 9.97 Å². The standard InChI is InChI=1S/C14H14Cl2N4O3.HNO3/c1-8-5-10(15)6-11(20(21)22)13(8)23-4-3-17-14-12(16)9(2)18-7-19-14;2-1(3)4/h5-7H,3-4H2,1-2H3,(H,17,18,19);(H,2,3,4). The molecule has 2 rings (SSSR count). The molecule has 0 bridgehead atoms. The van der Waals surface area contributed by atoms with E-state index in [0.717, 1.165) is 0 Å². The minimum atomic E-state index is -1.50. The predicted octanol–water partition coefficient (Wildman–Crippen LogP) is 3.45. The van der Waals surface area contributed by atoms with Crippen molar-refractivity contribution in [3.05, 3.63) is 60.0 Å². The molecule has 2 N–H and O–H groups in total. The van der Waals surface area contributed by atoms with Crippen LogP contribution in [0.4, 0.5) is 11.5 Å². The van der Waals surface area contributed by atoms with E-state index in [-0.39, 0.29) is 18.0 Å². The van der Waals surface area contributed by atoms with Gasteiger partial charge in [-0.2, -0.15) is 0 Å². The number of nitro benzene ring substituents is 1. The highest BCUT2D eigenvalue weighted by molar-refractivity contribution is 6.33. The number of aryl methyl sites for hydroxylation is 2. The maximum Gasteiger partial charge on any atom is 0.312 e. The fourth-order valence-corrected chi connectivity index (χ4v) is 2.37. The second-order valence-corrected chi connectivity index (χ2v) is 5.78. The van der Waals surface area contributed by atoms with Gasteiger partial charge in [0.1, 0.15) is 23.8 Å². The van der Waals surface area contributed by atoms with Crippen molar-refractivity contribution in [2.45, 2.75) is 13.8 Å². The first-order valence-electron chi connectivity index (χ1n) is 7.25. The highest BCUT2D eigenvalue weighted by Gasteiger charge is 2.19. The topological polar surface area (TPSA) is 154 Å². The Morgan fingerprint density at radius 2 is 1.85 bits per heavy atom. The van der Waals surface area contributed by atoms with Gasteiger partial charge in [0, 0.05) is 11.1 Å². The third kappa shape index (κ3) is 7.07. The van der Waals surface area contributed by atoms with Crippen molar-refractivity contribution < 1.29 is 20.0 Å². The van der Waals surface area contributed by atoms with Crippen molar-refractivity contribution in [2.24, 2.45) is 0 Å². The molecule has 13 heteroatoms. The molecule has 0 amide bonds. The average molecular weight is 420 g/mol. The smallest absolute Gasteiger partial charge is 0.312 e. The van der Waals surface area contributed by atoms with Crippen molar-refractivity contribution in [3.8, 4) is 5.75 Å². The first-order chi connectivity index (χ1) is 12.6. The molecule has 0 aliphatic heterocycles. The summed E-state index contributed by atoms with van der Waals surface area (Å²) < 4.78 is 5.53. The largest absolute Gasteiger partial charge is 0.485 e. The number of hydrogen-bond donors (Lipinski definition) is 2. The number of aromatic nitrogens is 2. The molecule has 1 heterocycles. The van der Waals surface area contributed by atoms with Crippen LogP contribution in [0.25, 0.3) is 0 Å². The Hall–Kier alpha value is -2.92. The quantitative estimate of drug-likeness (QED) is 0.406. The molecule has 11 nitrogen and oxygen atoms in total. The molecule has 0 radical (unpaired) electrons. The minimum absolute atomic E-state index is 0.161. The molecule has 27 heavy (non-hydrogen) atoms. The highest BCUT2D eigenvalue weighted by atomic mass is 35.5. The number of anilines is 1. The van der Waals surface area contributed by atoms with Crippen LogP contribution in [0.15, 0.2) is 18.5 Å². The van der Waals surface area contributed by atoms with E-state index in [9.17, 15) is 10.1 Å². The van der Waals surface area contributed by atoms with E-state index >= 15 is 0 Å². The Kier molecular flexibility index (Phi) is 8.42. The summed E-state index contributed by atoms with van der Waals surface area (Å²) in [4.78, 5) is 26.9. The molecule has 0 aliphatic carbocycles. The lowest BCUT2D eigenvalue weighted by Crippen LogP contribution is -2.14. The van der Waals surface area contributed by atoms with Gasteiger partial charge in [-0.15, -0.1) is 10.1 Å². The Bertz CT molecular complexity index is 832. The predicted molar refractivity (Wildman–Crippen MR) is 97.4 cm³/mol. The molecule has 0 saturated heterocycles. The van der Waals surface area contributed by atoms with Gasteiger partial charge in [0.05, 0.1) is 17.2 Å². The Morgan fingerprint density at radius 3 is 2.44 bits per heavy atom. The van der Waals surface area contributed by atoms with E-state index in [1.165, 1.54) is 12.4 Å². The minimum Gasteiger partial charge on any atom is -0.485 e. The van der Waals surface area contributed by atoms with E-state index < -0.39 is 10.0 Å². The van der Waals surface area contributed by atoms with Gasteiger partial charge < -0.3 is 15.3 Å². The molecular formula is C14H15Cl2N5O6. The van der Waals surface area contributed by atoms with Crippen LogP contribution in [0.5, 0.6) is 5.75 Å². The monoisotopic (exact) mass is 419 g/mol. The molecule has 0 saturated carbocycles. The van der Waals surface area contributed by atoms with Crippen molar-refractivity contribution >= 4 is 34.7 Å². The normalized spacial score (nSPS) is 9.78. The summed E-state index contributed by atoms with van der Waals surface area (Å²) in [5.74, 6) is 0.691. The summed E-state index contributed by atoms with van der Waals surface area (Å²) in [6, 6.07) is 2.88. The van der Waals surface area contributed by atoms with E-state index in [0.29, 0.717) is 33.7 Å². The number of nitro groups is 1. The second-order valence-electron chi connectivity index (χ2n) is 4.96. The van der Waals surface area contributed by atoms with E-state index in [4.69, 9.17) is 43.3 Å². The number of rotatable bonds is 6. The summed E-state index contributed by atoms with van der Waals surface area (Å²) in [7, 11) is 0. The maximum absolute atomic E-state index is 11.1. The summed E-state index contributed by atoms with van der Waals surface area (Å²) in [6.45, 7) is 4.04. The molecule has 0 unspecified atom stereocenters. The van der Waals surface area contributed by atoms with Crippen molar-refractivity contribution in [1.82, 2.24) is 9.97 Å². The molecule has 1 aromatic heterocycles. The van der Waals surface area contributed by atoms with E-state index in [1.54, 1.807) is 19.9 Å². The lowest BCUT2D eigenvalue weighted by Gasteiger charge is -2.11. The molecule has 1 aromatic carbocycles. The zero-order valence-electron chi connectivity index (χ0n) is 14.2. The van der Waals surface area contributed by atoms with Crippen molar-refractivity contribution in [1.29, 1.82) is 0 Å². The van der Waals surface area contributed by atoms with Gasteiger partial charge in [0.2, 0.25) is 0 Å². The number of hydrogen-bond acceptors (Lipinski definition) is 8. The van der Waals surface area contributed by atoms with Gasteiger partial charge in [0.15, 0.2) is 5.75 Å². The highest BCUT2D eigenvalue weighted by Crippen LogP contribution is 2.33. The average Bonchev–Trinajstić information content (AvgIpc) is 2.55. The summed E-state index contributed by atoms with van der Waals surface area (Å²) in [5, 5.41) is 28.4. The number of nitrogens with one attached hydrogen (secondary N) is 1. The van der Waals surface area contributed by atoms with Gasteiger partial charge in [-0.05, 0) is 25.5 Å². The van der Waals surface area contributed by atoms with Gasteiger partial charge >= 0.3 is 5.69 Å². The number of ether oxygens (including phenoxy) is 1. The van der Waals surface area contributed by atoms with Crippen LogP contribution in [0.2, 0.25) is 10.0 Å². The maximum atomic E-state index is 11.1. The third-order valence-electron chi connectivity index (χ3n) is 3.02. The number of halogens is 2. The van der Waals surface area contributed by atoms with Gasteiger partial charge in [-0.1, -0.05) is 23.2 Å². The lowest BCUT2D eigenvalue weighted by atomic mass is 10.2. The zero-order valence-corrected chi connectivity index (χ0v) is 15.7. The van der Waals surface area contributed by atoms with Crippen LogP contribution in [-0.2, 0) is 0 Å². The van der Waals surface area contributed by atoms with E-state index in [2.05, 4.69) is 15.3 Å². The number of benzene rings is 1. The summed E-state index contributed by atoms with van der Waals surface area (Å²) in [6.07, 6.45) is 1.40. The SMILES string of the molecule is Cc1cc(Cl)cc([N+](=O)[O-])c1OCCNc1ncnc(C)c1Cl.O=[N+]([O-])O. The molecular weight excluding hydrogens is 405 g/mol. The fourth-order valence-electron chi connectivity index (χ4n) is 1.94. The molecule has 0 atom stereocenters. The molecule has 0 fully saturated rings. The lowest BCUT2D eigenvalue weighted by molar-refractivity contribution is -0.742.